The van der Waals surface area contributed by atoms with E-state index in [2.05, 4.69) is 28.1 Å². The Kier molecular flexibility index (Phi) is 8.75. The fraction of sp³-hybridized carbons (Fsp3) is 0.414. The highest BCUT2D eigenvalue weighted by molar-refractivity contribution is 7.98. The highest BCUT2D eigenvalue weighted by Gasteiger charge is 2.21. The van der Waals surface area contributed by atoms with Gasteiger partial charge in [-0.1, -0.05) is 43.0 Å². The molecule has 200 valence electrons. The highest BCUT2D eigenvalue weighted by Crippen LogP contribution is 2.26. The first kappa shape index (κ1) is 26.4. The van der Waals surface area contributed by atoms with Crippen LogP contribution in [0.1, 0.15) is 41.4 Å². The predicted octanol–water partition coefficient (Wildman–Crippen LogP) is 4.71. The van der Waals surface area contributed by atoms with Crippen LogP contribution >= 0.6 is 11.8 Å². The molecular weight excluding hydrogens is 501 g/mol. The van der Waals surface area contributed by atoms with Gasteiger partial charge in [0.2, 0.25) is 0 Å². The number of halogens is 1. The van der Waals surface area contributed by atoms with Gasteiger partial charge < -0.3 is 19.9 Å². The molecule has 2 saturated heterocycles. The van der Waals surface area contributed by atoms with Crippen LogP contribution in [-0.4, -0.2) is 61.3 Å². The van der Waals surface area contributed by atoms with Gasteiger partial charge in [0.15, 0.2) is 5.16 Å². The van der Waals surface area contributed by atoms with Crippen LogP contribution in [0.4, 0.5) is 15.9 Å². The number of thioether (sulfide) groups is 1. The number of carbonyl (C=O) groups excluding carboxylic acids is 1. The number of hydrogen-bond acceptors (Lipinski definition) is 7. The first-order valence-corrected chi connectivity index (χ1v) is 14.3. The Bertz CT molecular complexity index is 1250. The lowest BCUT2D eigenvalue weighted by Crippen LogP contribution is -2.47. The first-order chi connectivity index (χ1) is 18.6. The summed E-state index contributed by atoms with van der Waals surface area (Å²) in [4.78, 5) is 26.6. The van der Waals surface area contributed by atoms with Crippen LogP contribution in [-0.2, 0) is 16.9 Å². The van der Waals surface area contributed by atoms with Gasteiger partial charge in [-0.25, -0.2) is 14.4 Å². The van der Waals surface area contributed by atoms with Crippen molar-refractivity contribution in [3.05, 3.63) is 77.2 Å². The maximum Gasteiger partial charge on any atom is 0.251 e. The van der Waals surface area contributed by atoms with Crippen molar-refractivity contribution in [2.45, 2.75) is 43.2 Å². The number of piperazine rings is 1. The second-order valence-corrected chi connectivity index (χ2v) is 10.6. The van der Waals surface area contributed by atoms with Gasteiger partial charge in [-0.05, 0) is 49.1 Å². The molecule has 9 heteroatoms. The number of nitrogens with one attached hydrogen (secondary N) is 1. The summed E-state index contributed by atoms with van der Waals surface area (Å²) in [7, 11) is 0. The van der Waals surface area contributed by atoms with Crippen LogP contribution < -0.4 is 15.1 Å². The topological polar surface area (TPSA) is 70.6 Å². The smallest absolute Gasteiger partial charge is 0.251 e. The molecule has 5 rings (SSSR count). The summed E-state index contributed by atoms with van der Waals surface area (Å²) in [6.07, 6.45) is 2.99. The zero-order chi connectivity index (χ0) is 26.3. The van der Waals surface area contributed by atoms with Gasteiger partial charge >= 0.3 is 0 Å². The van der Waals surface area contributed by atoms with Gasteiger partial charge in [0.1, 0.15) is 11.6 Å². The van der Waals surface area contributed by atoms with Crippen LogP contribution in [0.3, 0.4) is 0 Å². The summed E-state index contributed by atoms with van der Waals surface area (Å²) in [5, 5.41) is 3.72. The Morgan fingerprint density at radius 1 is 1.08 bits per heavy atom. The number of ether oxygens (including phenoxy) is 1. The number of nitrogens with zero attached hydrogens (tertiary/aromatic N) is 4. The third-order valence-electron chi connectivity index (χ3n) is 6.98. The Hall–Kier alpha value is -3.17. The molecule has 1 amide bonds. The second-order valence-electron chi connectivity index (χ2n) is 9.61. The SMILES string of the molecule is CCc1cc(N2CCN(c3ccccc3F)CC2)nc(SCc2cccc(C(=O)NCC3CCCO3)c2)n1. The van der Waals surface area contributed by atoms with E-state index in [0.29, 0.717) is 23.5 Å². The van der Waals surface area contributed by atoms with Crippen molar-refractivity contribution >= 4 is 29.2 Å². The lowest BCUT2D eigenvalue weighted by atomic mass is 10.1. The van der Waals surface area contributed by atoms with Crippen LogP contribution in [0, 0.1) is 5.82 Å². The van der Waals surface area contributed by atoms with E-state index in [9.17, 15) is 9.18 Å². The van der Waals surface area contributed by atoms with Gasteiger partial charge in [-0.15, -0.1) is 0 Å². The van der Waals surface area contributed by atoms with Crippen molar-refractivity contribution in [1.82, 2.24) is 15.3 Å². The van der Waals surface area contributed by atoms with E-state index in [-0.39, 0.29) is 17.8 Å². The predicted molar refractivity (Wildman–Crippen MR) is 150 cm³/mol. The molecule has 7 nitrogen and oxygen atoms in total. The zero-order valence-electron chi connectivity index (χ0n) is 21.7. The van der Waals surface area contributed by atoms with E-state index in [4.69, 9.17) is 14.7 Å². The molecule has 0 bridgehead atoms. The van der Waals surface area contributed by atoms with Gasteiger partial charge in [0.25, 0.3) is 5.91 Å². The number of aromatic nitrogens is 2. The lowest BCUT2D eigenvalue weighted by molar-refractivity contribution is 0.0857. The average Bonchev–Trinajstić information content (AvgIpc) is 3.49. The van der Waals surface area contributed by atoms with E-state index in [1.54, 1.807) is 17.8 Å². The molecule has 2 aromatic carbocycles. The molecule has 2 aliphatic rings. The molecule has 0 aliphatic carbocycles. The van der Waals surface area contributed by atoms with E-state index < -0.39 is 0 Å². The number of benzene rings is 2. The summed E-state index contributed by atoms with van der Waals surface area (Å²) in [6, 6.07) is 16.7. The van der Waals surface area contributed by atoms with E-state index >= 15 is 0 Å². The van der Waals surface area contributed by atoms with E-state index in [1.165, 1.54) is 6.07 Å². The summed E-state index contributed by atoms with van der Waals surface area (Å²) in [5.41, 5.74) is 3.35. The molecular formula is C29H34FN5O2S. The van der Waals surface area contributed by atoms with Crippen LogP contribution in [0.15, 0.2) is 59.8 Å². The molecule has 2 aliphatic heterocycles. The van der Waals surface area contributed by atoms with Crippen LogP contribution in [0.2, 0.25) is 0 Å². The molecule has 1 N–H and O–H groups in total. The number of carbonyl (C=O) groups is 1. The quantitative estimate of drug-likeness (QED) is 0.314. The Morgan fingerprint density at radius 2 is 1.89 bits per heavy atom. The maximum atomic E-state index is 14.2. The van der Waals surface area contributed by atoms with Crippen molar-refractivity contribution in [2.24, 2.45) is 0 Å². The van der Waals surface area contributed by atoms with Gasteiger partial charge in [-0.3, -0.25) is 4.79 Å². The molecule has 1 unspecified atom stereocenters. The maximum absolute atomic E-state index is 14.2. The summed E-state index contributed by atoms with van der Waals surface area (Å²) >= 11 is 1.57. The Morgan fingerprint density at radius 3 is 2.66 bits per heavy atom. The summed E-state index contributed by atoms with van der Waals surface area (Å²) in [6.45, 7) is 6.42. The Labute approximate surface area is 227 Å². The molecule has 3 aromatic rings. The van der Waals surface area contributed by atoms with Crippen molar-refractivity contribution in [2.75, 3.05) is 49.1 Å². The number of hydrogen-bond donors (Lipinski definition) is 1. The molecule has 1 atom stereocenters. The summed E-state index contributed by atoms with van der Waals surface area (Å²) in [5.74, 6) is 1.32. The van der Waals surface area contributed by atoms with Crippen molar-refractivity contribution in [3.8, 4) is 0 Å². The standard InChI is InChI=1S/C29H34FN5O2S/c1-2-23-18-27(35-14-12-34(13-15-35)26-11-4-3-10-25(26)30)33-29(32-23)38-20-21-7-5-8-22(17-21)28(36)31-19-24-9-6-16-37-24/h3-5,7-8,10-11,17-18,24H,2,6,9,12-16,19-20H2,1H3,(H,31,36). The number of para-hydroxylation sites is 1. The zero-order valence-corrected chi connectivity index (χ0v) is 22.6. The summed E-state index contributed by atoms with van der Waals surface area (Å²) < 4.78 is 19.8. The largest absolute Gasteiger partial charge is 0.376 e. The third kappa shape index (κ3) is 6.63. The lowest BCUT2D eigenvalue weighted by Gasteiger charge is -2.37. The highest BCUT2D eigenvalue weighted by atomic mass is 32.2. The molecule has 0 radical (unpaired) electrons. The van der Waals surface area contributed by atoms with Crippen LogP contribution in [0.5, 0.6) is 0 Å². The number of amides is 1. The monoisotopic (exact) mass is 535 g/mol. The van der Waals surface area contributed by atoms with Crippen molar-refractivity contribution in [3.63, 3.8) is 0 Å². The van der Waals surface area contributed by atoms with Gasteiger partial charge in [0, 0.05) is 62.4 Å². The fourth-order valence-electron chi connectivity index (χ4n) is 4.82. The number of aryl methyl sites for hydroxylation is 1. The normalized spacial score (nSPS) is 17.6. The second kappa shape index (κ2) is 12.6. The van der Waals surface area contributed by atoms with Crippen molar-refractivity contribution in [1.29, 1.82) is 0 Å². The number of anilines is 2. The minimum atomic E-state index is -0.181. The van der Waals surface area contributed by atoms with Crippen molar-refractivity contribution < 1.29 is 13.9 Å². The molecule has 1 aromatic heterocycles. The van der Waals surface area contributed by atoms with Crippen LogP contribution in [0.25, 0.3) is 0 Å². The molecule has 38 heavy (non-hydrogen) atoms. The third-order valence-corrected chi connectivity index (χ3v) is 7.89. The fourth-order valence-corrected chi connectivity index (χ4v) is 5.63. The minimum Gasteiger partial charge on any atom is -0.376 e. The number of rotatable bonds is 9. The van der Waals surface area contributed by atoms with E-state index in [0.717, 1.165) is 74.3 Å². The molecule has 2 fully saturated rings. The average molecular weight is 536 g/mol. The van der Waals surface area contributed by atoms with E-state index in [1.807, 2.05) is 36.4 Å². The molecule has 0 spiro atoms. The molecule has 3 heterocycles. The minimum absolute atomic E-state index is 0.0756. The van der Waals surface area contributed by atoms with Gasteiger partial charge in [-0.2, -0.15) is 0 Å². The first-order valence-electron chi connectivity index (χ1n) is 13.3. The molecule has 0 saturated carbocycles. The Balaban J connectivity index is 1.20. The van der Waals surface area contributed by atoms with Gasteiger partial charge in [0.05, 0.1) is 11.8 Å².